The van der Waals surface area contributed by atoms with Gasteiger partial charge in [-0.15, -0.1) is 0 Å². The maximum Gasteiger partial charge on any atom is 0.257 e. The standard InChI is InChI=1S/C18H22N2O2/c1-12-8-6-7-11-15(12)19-18(21)16-13(2)22-20-17(16)14-9-4-3-5-10-14/h3-5,9-10,12,15H,6-8,11H2,1-2H3,(H,19,21)/t12-,15-/m1/s1. The number of nitrogens with zero attached hydrogens (tertiary/aromatic N) is 1. The molecule has 0 radical (unpaired) electrons. The molecule has 2 aromatic rings. The van der Waals surface area contributed by atoms with Crippen molar-refractivity contribution in [2.75, 3.05) is 0 Å². The summed E-state index contributed by atoms with van der Waals surface area (Å²) in [5, 5.41) is 7.27. The summed E-state index contributed by atoms with van der Waals surface area (Å²) in [5.74, 6) is 1.02. The lowest BCUT2D eigenvalue weighted by Gasteiger charge is -2.29. The molecular formula is C18H22N2O2. The van der Waals surface area contributed by atoms with Crippen molar-refractivity contribution in [2.24, 2.45) is 5.92 Å². The van der Waals surface area contributed by atoms with E-state index in [1.165, 1.54) is 19.3 Å². The second-order valence-corrected chi connectivity index (χ2v) is 6.17. The van der Waals surface area contributed by atoms with Gasteiger partial charge in [-0.3, -0.25) is 4.79 Å². The van der Waals surface area contributed by atoms with Crippen molar-refractivity contribution >= 4 is 5.91 Å². The van der Waals surface area contributed by atoms with Gasteiger partial charge in [-0.2, -0.15) is 0 Å². The van der Waals surface area contributed by atoms with Crippen molar-refractivity contribution in [3.05, 3.63) is 41.7 Å². The van der Waals surface area contributed by atoms with Gasteiger partial charge in [0.25, 0.3) is 5.91 Å². The zero-order valence-corrected chi connectivity index (χ0v) is 13.1. The first-order chi connectivity index (χ1) is 10.7. The highest BCUT2D eigenvalue weighted by molar-refractivity contribution is 6.00. The predicted octanol–water partition coefficient (Wildman–Crippen LogP) is 3.96. The summed E-state index contributed by atoms with van der Waals surface area (Å²) < 4.78 is 5.28. The van der Waals surface area contributed by atoms with E-state index in [4.69, 9.17) is 4.52 Å². The maximum absolute atomic E-state index is 12.7. The van der Waals surface area contributed by atoms with Crippen molar-refractivity contribution in [3.63, 3.8) is 0 Å². The largest absolute Gasteiger partial charge is 0.360 e. The molecule has 0 aliphatic heterocycles. The Hall–Kier alpha value is -2.10. The molecule has 2 atom stereocenters. The molecule has 4 nitrogen and oxygen atoms in total. The summed E-state index contributed by atoms with van der Waals surface area (Å²) in [6.07, 6.45) is 4.68. The van der Waals surface area contributed by atoms with Crippen LogP contribution in [0.25, 0.3) is 11.3 Å². The van der Waals surface area contributed by atoms with Crippen molar-refractivity contribution in [1.29, 1.82) is 0 Å². The maximum atomic E-state index is 12.7. The van der Waals surface area contributed by atoms with Crippen LogP contribution in [0, 0.1) is 12.8 Å². The Bertz CT molecular complexity index is 648. The van der Waals surface area contributed by atoms with Crippen molar-refractivity contribution in [3.8, 4) is 11.3 Å². The molecule has 4 heteroatoms. The Labute approximate surface area is 130 Å². The van der Waals surface area contributed by atoms with Gasteiger partial charge in [0.1, 0.15) is 17.0 Å². The minimum absolute atomic E-state index is 0.0728. The van der Waals surface area contributed by atoms with Crippen LogP contribution >= 0.6 is 0 Å². The van der Waals surface area contributed by atoms with Gasteiger partial charge in [-0.05, 0) is 25.7 Å². The van der Waals surface area contributed by atoms with Crippen molar-refractivity contribution in [2.45, 2.75) is 45.6 Å². The Morgan fingerprint density at radius 2 is 1.95 bits per heavy atom. The number of rotatable bonds is 3. The Kier molecular flexibility index (Phi) is 4.27. The van der Waals surface area contributed by atoms with Crippen molar-refractivity contribution in [1.82, 2.24) is 10.5 Å². The fraction of sp³-hybridized carbons (Fsp3) is 0.444. The second-order valence-electron chi connectivity index (χ2n) is 6.17. The van der Waals surface area contributed by atoms with Gasteiger partial charge in [0, 0.05) is 11.6 Å². The van der Waals surface area contributed by atoms with Crippen LogP contribution in [-0.2, 0) is 0 Å². The highest BCUT2D eigenvalue weighted by atomic mass is 16.5. The minimum Gasteiger partial charge on any atom is -0.360 e. The molecule has 1 fully saturated rings. The number of carbonyl (C=O) groups excluding carboxylic acids is 1. The van der Waals surface area contributed by atoms with Crippen LogP contribution in [0.5, 0.6) is 0 Å². The van der Waals surface area contributed by atoms with Crippen LogP contribution in [0.15, 0.2) is 34.9 Å². The quantitative estimate of drug-likeness (QED) is 0.933. The van der Waals surface area contributed by atoms with Crippen LogP contribution in [0.3, 0.4) is 0 Å². The third kappa shape index (κ3) is 2.91. The van der Waals surface area contributed by atoms with Crippen LogP contribution in [0.2, 0.25) is 0 Å². The highest BCUT2D eigenvalue weighted by Crippen LogP contribution is 2.27. The number of aromatic nitrogens is 1. The smallest absolute Gasteiger partial charge is 0.257 e. The van der Waals surface area contributed by atoms with Gasteiger partial charge in [-0.25, -0.2) is 0 Å². The average molecular weight is 298 g/mol. The molecule has 1 N–H and O–H groups in total. The lowest BCUT2D eigenvalue weighted by atomic mass is 9.86. The zero-order chi connectivity index (χ0) is 15.5. The molecule has 1 saturated carbocycles. The molecule has 3 rings (SSSR count). The predicted molar refractivity (Wildman–Crippen MR) is 85.6 cm³/mol. The number of nitrogens with one attached hydrogen (secondary N) is 1. The summed E-state index contributed by atoms with van der Waals surface area (Å²) in [7, 11) is 0. The third-order valence-corrected chi connectivity index (χ3v) is 4.56. The Morgan fingerprint density at radius 3 is 2.68 bits per heavy atom. The summed E-state index contributed by atoms with van der Waals surface area (Å²) >= 11 is 0. The molecule has 1 aromatic carbocycles. The molecule has 1 aliphatic carbocycles. The normalized spacial score (nSPS) is 21.5. The second kappa shape index (κ2) is 6.34. The first-order valence-corrected chi connectivity index (χ1v) is 7.99. The molecule has 0 saturated heterocycles. The molecule has 1 aliphatic rings. The number of hydrogen-bond donors (Lipinski definition) is 1. The molecule has 1 amide bonds. The Morgan fingerprint density at radius 1 is 1.23 bits per heavy atom. The number of carbonyl (C=O) groups is 1. The van der Waals surface area contributed by atoms with Crippen LogP contribution in [0.4, 0.5) is 0 Å². The summed E-state index contributed by atoms with van der Waals surface area (Å²) in [6.45, 7) is 4.00. The fourth-order valence-corrected chi connectivity index (χ4v) is 3.20. The minimum atomic E-state index is -0.0728. The van der Waals surface area contributed by atoms with E-state index in [9.17, 15) is 4.79 Å². The number of amides is 1. The van der Waals surface area contributed by atoms with Crippen LogP contribution in [0.1, 0.15) is 48.7 Å². The number of hydrogen-bond acceptors (Lipinski definition) is 3. The highest BCUT2D eigenvalue weighted by Gasteiger charge is 2.27. The molecule has 0 spiro atoms. The third-order valence-electron chi connectivity index (χ3n) is 4.56. The van der Waals surface area contributed by atoms with Gasteiger partial charge in [0.2, 0.25) is 0 Å². The van der Waals surface area contributed by atoms with E-state index in [-0.39, 0.29) is 11.9 Å². The van der Waals surface area contributed by atoms with Gasteiger partial charge in [0.05, 0.1) is 0 Å². The number of benzene rings is 1. The molecular weight excluding hydrogens is 276 g/mol. The SMILES string of the molecule is Cc1onc(-c2ccccc2)c1C(=O)N[C@@H]1CCCC[C@H]1C. The zero-order valence-electron chi connectivity index (χ0n) is 13.1. The molecule has 1 heterocycles. The van der Waals surface area contributed by atoms with Gasteiger partial charge in [0.15, 0.2) is 0 Å². The van der Waals surface area contributed by atoms with Crippen molar-refractivity contribution < 1.29 is 9.32 Å². The topological polar surface area (TPSA) is 55.1 Å². The fourth-order valence-electron chi connectivity index (χ4n) is 3.20. The van der Waals surface area contributed by atoms with Crippen LogP contribution in [-0.4, -0.2) is 17.1 Å². The number of aryl methyl sites for hydroxylation is 1. The monoisotopic (exact) mass is 298 g/mol. The first kappa shape index (κ1) is 14.8. The van der Waals surface area contributed by atoms with E-state index >= 15 is 0 Å². The average Bonchev–Trinajstić information content (AvgIpc) is 2.92. The molecule has 0 unspecified atom stereocenters. The van der Waals surface area contributed by atoms with Gasteiger partial charge in [-0.1, -0.05) is 55.3 Å². The lowest BCUT2D eigenvalue weighted by Crippen LogP contribution is -2.41. The molecule has 116 valence electrons. The van der Waals surface area contributed by atoms with E-state index in [0.717, 1.165) is 12.0 Å². The van der Waals surface area contributed by atoms with E-state index in [2.05, 4.69) is 17.4 Å². The summed E-state index contributed by atoms with van der Waals surface area (Å²) in [6, 6.07) is 9.95. The summed E-state index contributed by atoms with van der Waals surface area (Å²) in [4.78, 5) is 12.7. The van der Waals surface area contributed by atoms with Gasteiger partial charge < -0.3 is 9.84 Å². The van der Waals surface area contributed by atoms with E-state index < -0.39 is 0 Å². The van der Waals surface area contributed by atoms with Gasteiger partial charge >= 0.3 is 0 Å². The van der Waals surface area contributed by atoms with E-state index in [1.54, 1.807) is 6.92 Å². The molecule has 22 heavy (non-hydrogen) atoms. The summed E-state index contributed by atoms with van der Waals surface area (Å²) in [5.41, 5.74) is 2.09. The molecule has 0 bridgehead atoms. The Balaban J connectivity index is 1.85. The molecule has 1 aromatic heterocycles. The lowest BCUT2D eigenvalue weighted by molar-refractivity contribution is 0.0909. The van der Waals surface area contributed by atoms with Crippen LogP contribution < -0.4 is 5.32 Å². The van der Waals surface area contributed by atoms with E-state index in [0.29, 0.717) is 22.9 Å². The van der Waals surface area contributed by atoms with E-state index in [1.807, 2.05) is 30.3 Å². The first-order valence-electron chi connectivity index (χ1n) is 7.99.